The van der Waals surface area contributed by atoms with E-state index in [1.165, 1.54) is 32.2 Å². The second kappa shape index (κ2) is 2.89. The summed E-state index contributed by atoms with van der Waals surface area (Å²) in [5.41, 5.74) is 0. The Labute approximate surface area is 61.9 Å². The predicted octanol–water partition coefficient (Wildman–Crippen LogP) is 0.917. The quantitative estimate of drug-likeness (QED) is 0.586. The van der Waals surface area contributed by atoms with Gasteiger partial charge in [-0.05, 0) is 32.2 Å². The molecule has 2 heterocycles. The van der Waals surface area contributed by atoms with Crippen LogP contribution in [0.4, 0.5) is 0 Å². The molecule has 2 saturated heterocycles. The normalized spacial score (nSPS) is 40.8. The van der Waals surface area contributed by atoms with Gasteiger partial charge in [0.2, 0.25) is 0 Å². The summed E-state index contributed by atoms with van der Waals surface area (Å²) in [7, 11) is 0. The fraction of sp³-hybridized carbons (Fsp3) is 1.00. The number of nitrogens with one attached hydrogen (secondary N) is 1. The molecule has 0 radical (unpaired) electrons. The molecule has 0 bridgehead atoms. The zero-order valence-electron chi connectivity index (χ0n) is 6.31. The van der Waals surface area contributed by atoms with Crippen LogP contribution in [-0.2, 0) is 4.74 Å². The maximum absolute atomic E-state index is 5.57. The molecule has 1 N–H and O–H groups in total. The van der Waals surface area contributed by atoms with Crippen LogP contribution in [0.3, 0.4) is 0 Å². The molecule has 2 unspecified atom stereocenters. The third-order valence-corrected chi connectivity index (χ3v) is 2.51. The van der Waals surface area contributed by atoms with Crippen LogP contribution in [-0.4, -0.2) is 25.3 Å². The van der Waals surface area contributed by atoms with Crippen molar-refractivity contribution in [3.63, 3.8) is 0 Å². The molecular formula is C8H15NO. The van der Waals surface area contributed by atoms with Crippen LogP contribution >= 0.6 is 0 Å². The Morgan fingerprint density at radius 2 is 2.20 bits per heavy atom. The van der Waals surface area contributed by atoms with Gasteiger partial charge in [0, 0.05) is 12.6 Å². The monoisotopic (exact) mass is 141 g/mol. The van der Waals surface area contributed by atoms with E-state index >= 15 is 0 Å². The van der Waals surface area contributed by atoms with Gasteiger partial charge in [-0.2, -0.15) is 0 Å². The third kappa shape index (κ3) is 1.18. The predicted molar refractivity (Wildman–Crippen MR) is 40.0 cm³/mol. The van der Waals surface area contributed by atoms with Crippen LogP contribution < -0.4 is 5.32 Å². The fourth-order valence-corrected chi connectivity index (χ4v) is 1.95. The number of rotatable bonds is 1. The van der Waals surface area contributed by atoms with E-state index in [9.17, 15) is 0 Å². The second-order valence-electron chi connectivity index (χ2n) is 3.25. The van der Waals surface area contributed by atoms with E-state index in [4.69, 9.17) is 4.74 Å². The molecule has 58 valence electrons. The van der Waals surface area contributed by atoms with Gasteiger partial charge in [0.05, 0.1) is 6.10 Å². The summed E-state index contributed by atoms with van der Waals surface area (Å²) >= 11 is 0. The lowest BCUT2D eigenvalue weighted by Crippen LogP contribution is -2.33. The van der Waals surface area contributed by atoms with Crippen molar-refractivity contribution >= 4 is 0 Å². The topological polar surface area (TPSA) is 21.3 Å². The Balaban J connectivity index is 1.85. The molecule has 0 spiro atoms. The summed E-state index contributed by atoms with van der Waals surface area (Å²) in [5, 5.41) is 3.47. The molecule has 2 rings (SSSR count). The zero-order chi connectivity index (χ0) is 6.81. The third-order valence-electron chi connectivity index (χ3n) is 2.51. The van der Waals surface area contributed by atoms with Crippen LogP contribution in [0.15, 0.2) is 0 Å². The van der Waals surface area contributed by atoms with Crippen molar-refractivity contribution in [2.45, 2.75) is 37.8 Å². The highest BCUT2D eigenvalue weighted by Crippen LogP contribution is 2.20. The Hall–Kier alpha value is -0.0800. The summed E-state index contributed by atoms with van der Waals surface area (Å²) in [5.74, 6) is 0. The number of hydrogen-bond acceptors (Lipinski definition) is 2. The molecule has 0 aromatic rings. The van der Waals surface area contributed by atoms with E-state index in [1.807, 2.05) is 0 Å². The van der Waals surface area contributed by atoms with Crippen LogP contribution in [0.1, 0.15) is 25.7 Å². The first-order valence-corrected chi connectivity index (χ1v) is 4.32. The second-order valence-corrected chi connectivity index (χ2v) is 3.25. The minimum atomic E-state index is 0.544. The molecule has 10 heavy (non-hydrogen) atoms. The molecule has 2 heteroatoms. The van der Waals surface area contributed by atoms with Crippen molar-refractivity contribution in [2.75, 3.05) is 13.2 Å². The van der Waals surface area contributed by atoms with Crippen molar-refractivity contribution in [3.8, 4) is 0 Å². The Morgan fingerprint density at radius 3 is 2.80 bits per heavy atom. The van der Waals surface area contributed by atoms with E-state index < -0.39 is 0 Å². The van der Waals surface area contributed by atoms with E-state index in [0.29, 0.717) is 12.1 Å². The van der Waals surface area contributed by atoms with Crippen LogP contribution in [0.2, 0.25) is 0 Å². The number of hydrogen-bond donors (Lipinski definition) is 1. The van der Waals surface area contributed by atoms with Gasteiger partial charge in [0.1, 0.15) is 0 Å². The van der Waals surface area contributed by atoms with Crippen LogP contribution in [0, 0.1) is 0 Å². The van der Waals surface area contributed by atoms with Gasteiger partial charge in [0.15, 0.2) is 0 Å². The van der Waals surface area contributed by atoms with E-state index in [2.05, 4.69) is 5.32 Å². The van der Waals surface area contributed by atoms with Gasteiger partial charge in [-0.3, -0.25) is 0 Å². The summed E-state index contributed by atoms with van der Waals surface area (Å²) in [4.78, 5) is 0. The van der Waals surface area contributed by atoms with Gasteiger partial charge >= 0.3 is 0 Å². The molecule has 2 aliphatic rings. The smallest absolute Gasteiger partial charge is 0.0728 e. The highest BCUT2D eigenvalue weighted by molar-refractivity contribution is 4.84. The molecule has 2 aliphatic heterocycles. The van der Waals surface area contributed by atoms with Crippen molar-refractivity contribution in [1.29, 1.82) is 0 Å². The maximum atomic E-state index is 5.57. The van der Waals surface area contributed by atoms with Crippen molar-refractivity contribution < 1.29 is 4.74 Å². The van der Waals surface area contributed by atoms with Gasteiger partial charge in [-0.25, -0.2) is 0 Å². The van der Waals surface area contributed by atoms with Crippen LogP contribution in [0.25, 0.3) is 0 Å². The highest BCUT2D eigenvalue weighted by Gasteiger charge is 2.27. The SMILES string of the molecule is C1CNC(C2CCCO2)C1. The fourth-order valence-electron chi connectivity index (χ4n) is 1.95. The van der Waals surface area contributed by atoms with Crippen molar-refractivity contribution in [1.82, 2.24) is 5.32 Å². The minimum absolute atomic E-state index is 0.544. The zero-order valence-corrected chi connectivity index (χ0v) is 6.31. The van der Waals surface area contributed by atoms with Gasteiger partial charge in [-0.15, -0.1) is 0 Å². The molecule has 0 amide bonds. The molecule has 0 aromatic carbocycles. The minimum Gasteiger partial charge on any atom is -0.377 e. The molecule has 0 aromatic heterocycles. The average Bonchev–Trinajstić information content (AvgIpc) is 2.59. The summed E-state index contributed by atoms with van der Waals surface area (Å²) in [6.45, 7) is 2.19. The molecule has 2 nitrogen and oxygen atoms in total. The van der Waals surface area contributed by atoms with E-state index in [-0.39, 0.29) is 0 Å². The summed E-state index contributed by atoms with van der Waals surface area (Å²) in [6, 6.07) is 0.683. The summed E-state index contributed by atoms with van der Waals surface area (Å²) in [6.07, 6.45) is 5.75. The lowest BCUT2D eigenvalue weighted by Gasteiger charge is -2.16. The Morgan fingerprint density at radius 1 is 1.20 bits per heavy atom. The highest BCUT2D eigenvalue weighted by atomic mass is 16.5. The molecule has 0 saturated carbocycles. The van der Waals surface area contributed by atoms with E-state index in [1.54, 1.807) is 0 Å². The molecule has 2 fully saturated rings. The van der Waals surface area contributed by atoms with Crippen LogP contribution in [0.5, 0.6) is 0 Å². The van der Waals surface area contributed by atoms with E-state index in [0.717, 1.165) is 6.61 Å². The molecule has 0 aliphatic carbocycles. The van der Waals surface area contributed by atoms with Gasteiger partial charge in [0.25, 0.3) is 0 Å². The van der Waals surface area contributed by atoms with Crippen molar-refractivity contribution in [3.05, 3.63) is 0 Å². The van der Waals surface area contributed by atoms with Gasteiger partial charge in [-0.1, -0.05) is 0 Å². The van der Waals surface area contributed by atoms with Crippen molar-refractivity contribution in [2.24, 2.45) is 0 Å². The standard InChI is InChI=1S/C8H15NO/c1-3-7(9-5-1)8-4-2-6-10-8/h7-9H,1-6H2. The first-order chi connectivity index (χ1) is 4.97. The average molecular weight is 141 g/mol. The molecular weight excluding hydrogens is 126 g/mol. The number of ether oxygens (including phenoxy) is 1. The molecule has 2 atom stereocenters. The Kier molecular flexibility index (Phi) is 1.91. The lowest BCUT2D eigenvalue weighted by atomic mass is 10.1. The largest absolute Gasteiger partial charge is 0.377 e. The summed E-state index contributed by atoms with van der Waals surface area (Å²) < 4.78 is 5.57. The first-order valence-electron chi connectivity index (χ1n) is 4.32. The maximum Gasteiger partial charge on any atom is 0.0728 e. The van der Waals surface area contributed by atoms with Gasteiger partial charge < -0.3 is 10.1 Å². The first kappa shape index (κ1) is 6.62. The Bertz CT molecular complexity index is 89.8. The lowest BCUT2D eigenvalue weighted by molar-refractivity contribution is 0.0843.